The van der Waals surface area contributed by atoms with E-state index in [4.69, 9.17) is 0 Å². The van der Waals surface area contributed by atoms with Gasteiger partial charge in [-0.05, 0) is 13.8 Å². The van der Waals surface area contributed by atoms with E-state index in [-0.39, 0.29) is 16.9 Å². The molecule has 102 valence electrons. The van der Waals surface area contributed by atoms with E-state index in [1.165, 1.54) is 12.5 Å². The molecule has 0 saturated carbocycles. The van der Waals surface area contributed by atoms with Crippen LogP contribution in [0.1, 0.15) is 24.3 Å². The number of rotatable bonds is 4. The average Bonchev–Trinajstić information content (AvgIpc) is 2.72. The van der Waals surface area contributed by atoms with Gasteiger partial charge in [-0.1, -0.05) is 0 Å². The number of hydrogen-bond acceptors (Lipinski definition) is 5. The zero-order valence-electron chi connectivity index (χ0n) is 10.1. The smallest absolute Gasteiger partial charge is 0.406 e. The van der Waals surface area contributed by atoms with Gasteiger partial charge in [0.15, 0.2) is 10.8 Å². The first-order valence-corrected chi connectivity index (χ1v) is 6.00. The van der Waals surface area contributed by atoms with Gasteiger partial charge in [0, 0.05) is 11.4 Å². The number of nitrogens with zero attached hydrogens (tertiary/aromatic N) is 2. The molecule has 8 heteroatoms. The summed E-state index contributed by atoms with van der Waals surface area (Å²) in [6.45, 7) is 2.16. The van der Waals surface area contributed by atoms with Crippen LogP contribution in [0.5, 0.6) is 0 Å². The molecule has 1 aromatic rings. The highest BCUT2D eigenvalue weighted by Crippen LogP contribution is 2.27. The predicted octanol–water partition coefficient (Wildman–Crippen LogP) is 2.71. The van der Waals surface area contributed by atoms with Crippen LogP contribution in [0.2, 0.25) is 0 Å². The van der Waals surface area contributed by atoms with Crippen LogP contribution >= 0.6 is 11.3 Å². The van der Waals surface area contributed by atoms with Gasteiger partial charge in [0.25, 0.3) is 0 Å². The van der Waals surface area contributed by atoms with Crippen LogP contribution in [0.25, 0.3) is 0 Å². The molecule has 0 aliphatic heterocycles. The maximum Gasteiger partial charge on any atom is 0.406 e. The molecule has 0 aliphatic rings. The number of alkyl halides is 3. The maximum atomic E-state index is 12.4. The van der Waals surface area contributed by atoms with Gasteiger partial charge in [0.1, 0.15) is 6.54 Å². The summed E-state index contributed by atoms with van der Waals surface area (Å²) >= 11 is 0.984. The molecule has 1 aromatic heterocycles. The van der Waals surface area contributed by atoms with Crippen molar-refractivity contribution in [1.82, 2.24) is 4.98 Å². The SMILES string of the molecule is COC(=O)c1csc(N(CC(F)(F)F)C(C)C)n1. The number of aromatic nitrogens is 1. The van der Waals surface area contributed by atoms with E-state index >= 15 is 0 Å². The molecule has 0 aliphatic carbocycles. The molecule has 0 unspecified atom stereocenters. The number of thiazole rings is 1. The number of carbonyl (C=O) groups is 1. The Balaban J connectivity index is 2.93. The third kappa shape index (κ3) is 3.86. The molecule has 0 bridgehead atoms. The van der Waals surface area contributed by atoms with Crippen LogP contribution < -0.4 is 4.90 Å². The monoisotopic (exact) mass is 282 g/mol. The summed E-state index contributed by atoms with van der Waals surface area (Å²) < 4.78 is 41.7. The van der Waals surface area contributed by atoms with Crippen molar-refractivity contribution >= 4 is 22.4 Å². The Morgan fingerprint density at radius 3 is 2.61 bits per heavy atom. The molecule has 4 nitrogen and oxygen atoms in total. The zero-order valence-corrected chi connectivity index (χ0v) is 10.9. The van der Waals surface area contributed by atoms with Crippen LogP contribution in [-0.2, 0) is 4.74 Å². The fourth-order valence-corrected chi connectivity index (χ4v) is 2.19. The van der Waals surface area contributed by atoms with Crippen LogP contribution in [-0.4, -0.2) is 36.8 Å². The summed E-state index contributed by atoms with van der Waals surface area (Å²) in [5.41, 5.74) is 0.0188. The van der Waals surface area contributed by atoms with Gasteiger partial charge in [-0.3, -0.25) is 0 Å². The van der Waals surface area contributed by atoms with E-state index in [0.717, 1.165) is 16.2 Å². The molecule has 0 atom stereocenters. The van der Waals surface area contributed by atoms with Crippen molar-refractivity contribution < 1.29 is 22.7 Å². The third-order valence-corrected chi connectivity index (χ3v) is 2.98. The lowest BCUT2D eigenvalue weighted by Crippen LogP contribution is -2.39. The van der Waals surface area contributed by atoms with E-state index in [1.807, 2.05) is 0 Å². The summed E-state index contributed by atoms with van der Waals surface area (Å²) in [5.74, 6) is -0.659. The maximum absolute atomic E-state index is 12.4. The second-order valence-corrected chi connectivity index (χ2v) is 4.68. The van der Waals surface area contributed by atoms with E-state index in [2.05, 4.69) is 9.72 Å². The fraction of sp³-hybridized carbons (Fsp3) is 0.600. The number of hydrogen-bond donors (Lipinski definition) is 0. The lowest BCUT2D eigenvalue weighted by Gasteiger charge is -2.26. The summed E-state index contributed by atoms with van der Waals surface area (Å²) in [7, 11) is 1.19. The Morgan fingerprint density at radius 2 is 2.17 bits per heavy atom. The van der Waals surface area contributed by atoms with Crippen molar-refractivity contribution in [3.05, 3.63) is 11.1 Å². The summed E-state index contributed by atoms with van der Waals surface area (Å²) in [4.78, 5) is 16.1. The van der Waals surface area contributed by atoms with Crippen molar-refractivity contribution in [3.63, 3.8) is 0 Å². The van der Waals surface area contributed by atoms with Gasteiger partial charge in [-0.15, -0.1) is 11.3 Å². The predicted molar refractivity (Wildman–Crippen MR) is 62.0 cm³/mol. The summed E-state index contributed by atoms with van der Waals surface area (Å²) in [6, 6.07) is -0.372. The molecular formula is C10H13F3N2O2S. The number of esters is 1. The first kappa shape index (κ1) is 14.7. The standard InChI is InChI=1S/C10H13F3N2O2S/c1-6(2)15(5-10(11,12)13)9-14-7(4-18-9)8(16)17-3/h4,6H,5H2,1-3H3. The molecule has 0 fully saturated rings. The highest BCUT2D eigenvalue weighted by molar-refractivity contribution is 7.13. The van der Waals surface area contributed by atoms with Crippen LogP contribution in [0.4, 0.5) is 18.3 Å². The quantitative estimate of drug-likeness (QED) is 0.796. The van der Waals surface area contributed by atoms with Crippen molar-refractivity contribution in [2.75, 3.05) is 18.6 Å². The van der Waals surface area contributed by atoms with Crippen LogP contribution in [0.15, 0.2) is 5.38 Å². The second kappa shape index (κ2) is 5.55. The van der Waals surface area contributed by atoms with Crippen molar-refractivity contribution in [1.29, 1.82) is 0 Å². The Kier molecular flexibility index (Phi) is 4.55. The van der Waals surface area contributed by atoms with Crippen molar-refractivity contribution in [2.45, 2.75) is 26.1 Å². The number of anilines is 1. The number of methoxy groups -OCH3 is 1. The van der Waals surface area contributed by atoms with E-state index in [9.17, 15) is 18.0 Å². The first-order valence-electron chi connectivity index (χ1n) is 5.12. The fourth-order valence-electron chi connectivity index (χ4n) is 1.26. The molecule has 1 rings (SSSR count). The van der Waals surface area contributed by atoms with Crippen molar-refractivity contribution in [3.8, 4) is 0 Å². The summed E-state index contributed by atoms with van der Waals surface area (Å²) in [6.07, 6.45) is -4.32. The van der Waals surface area contributed by atoms with Gasteiger partial charge in [0.05, 0.1) is 7.11 Å². The minimum Gasteiger partial charge on any atom is -0.464 e. The topological polar surface area (TPSA) is 42.4 Å². The highest BCUT2D eigenvalue weighted by Gasteiger charge is 2.33. The third-order valence-electron chi connectivity index (χ3n) is 2.11. The minimum absolute atomic E-state index is 0.0188. The lowest BCUT2D eigenvalue weighted by atomic mass is 10.3. The number of carbonyl (C=O) groups excluding carboxylic acids is 1. The minimum atomic E-state index is -4.32. The molecule has 0 saturated heterocycles. The molecule has 0 aromatic carbocycles. The Hall–Kier alpha value is -1.31. The molecule has 0 amide bonds. The zero-order chi connectivity index (χ0) is 13.9. The van der Waals surface area contributed by atoms with E-state index in [0.29, 0.717) is 0 Å². The highest BCUT2D eigenvalue weighted by atomic mass is 32.1. The first-order chi connectivity index (χ1) is 8.24. The molecule has 0 spiro atoms. The van der Waals surface area contributed by atoms with Gasteiger partial charge in [0.2, 0.25) is 0 Å². The largest absolute Gasteiger partial charge is 0.464 e. The molecule has 0 radical (unpaired) electrons. The number of ether oxygens (including phenoxy) is 1. The Bertz CT molecular complexity index is 418. The van der Waals surface area contributed by atoms with Gasteiger partial charge in [-0.2, -0.15) is 13.2 Å². The van der Waals surface area contributed by atoms with Crippen molar-refractivity contribution in [2.24, 2.45) is 0 Å². The summed E-state index contributed by atoms with van der Waals surface area (Å²) in [5, 5.41) is 1.54. The van der Waals surface area contributed by atoms with Crippen LogP contribution in [0.3, 0.4) is 0 Å². The van der Waals surface area contributed by atoms with Gasteiger partial charge in [-0.25, -0.2) is 9.78 Å². The normalized spacial score (nSPS) is 11.7. The molecule has 1 heterocycles. The molecular weight excluding hydrogens is 269 g/mol. The van der Waals surface area contributed by atoms with Gasteiger partial charge >= 0.3 is 12.1 Å². The van der Waals surface area contributed by atoms with E-state index < -0.39 is 18.7 Å². The lowest BCUT2D eigenvalue weighted by molar-refractivity contribution is -0.120. The van der Waals surface area contributed by atoms with Gasteiger partial charge < -0.3 is 9.64 Å². The Morgan fingerprint density at radius 1 is 1.56 bits per heavy atom. The average molecular weight is 282 g/mol. The van der Waals surface area contributed by atoms with Crippen LogP contribution in [0, 0.1) is 0 Å². The molecule has 0 N–H and O–H groups in total. The Labute approximate surface area is 106 Å². The second-order valence-electron chi connectivity index (χ2n) is 3.84. The van der Waals surface area contributed by atoms with E-state index in [1.54, 1.807) is 13.8 Å². The molecule has 18 heavy (non-hydrogen) atoms. The number of halogens is 3.